The third-order valence-corrected chi connectivity index (χ3v) is 7.16. The number of hydrogen-bond acceptors (Lipinski definition) is 6. The summed E-state index contributed by atoms with van der Waals surface area (Å²) in [4.78, 5) is 53.6. The van der Waals surface area contributed by atoms with Crippen molar-refractivity contribution in [1.82, 2.24) is 4.90 Å². The lowest BCUT2D eigenvalue weighted by Gasteiger charge is -2.34. The van der Waals surface area contributed by atoms with E-state index in [1.165, 1.54) is 23.5 Å². The van der Waals surface area contributed by atoms with Gasteiger partial charge in [-0.1, -0.05) is 47.3 Å². The third-order valence-electron chi connectivity index (χ3n) is 6.63. The molecule has 2 aliphatic rings. The van der Waals surface area contributed by atoms with Crippen molar-refractivity contribution in [3.8, 4) is 0 Å². The molecule has 7 nitrogen and oxygen atoms in total. The van der Waals surface area contributed by atoms with Gasteiger partial charge in [-0.2, -0.15) is 0 Å². The van der Waals surface area contributed by atoms with Crippen molar-refractivity contribution in [2.45, 2.75) is 50.6 Å². The van der Waals surface area contributed by atoms with Crippen molar-refractivity contribution in [2.24, 2.45) is 0 Å². The summed E-state index contributed by atoms with van der Waals surface area (Å²) in [6.07, 6.45) is 5.79. The molecule has 2 amide bonds. The first-order valence-electron chi connectivity index (χ1n) is 11.5. The zero-order valence-electron chi connectivity index (χ0n) is 19.0. The molecule has 2 aromatic rings. The largest absolute Gasteiger partial charge is 0.454 e. The summed E-state index contributed by atoms with van der Waals surface area (Å²) < 4.78 is 5.99. The average Bonchev–Trinajstić information content (AvgIpc) is 3.16. The van der Waals surface area contributed by atoms with Crippen LogP contribution < -0.4 is 4.90 Å². The number of amides is 2. The van der Waals surface area contributed by atoms with Gasteiger partial charge in [-0.15, -0.1) is 0 Å². The molecule has 2 aromatic carbocycles. The number of ketones is 1. The van der Waals surface area contributed by atoms with Gasteiger partial charge < -0.3 is 4.74 Å². The zero-order chi connectivity index (χ0) is 24.2. The minimum atomic E-state index is -0.647. The Morgan fingerprint density at radius 3 is 2.24 bits per heavy atom. The molecule has 0 aromatic heterocycles. The van der Waals surface area contributed by atoms with E-state index in [-0.39, 0.29) is 36.2 Å². The summed E-state index contributed by atoms with van der Waals surface area (Å²) in [7, 11) is 1.93. The highest BCUT2D eigenvalue weighted by Crippen LogP contribution is 2.30. The Labute approximate surface area is 207 Å². The lowest BCUT2D eigenvalue weighted by molar-refractivity contribution is -0.123. The topological polar surface area (TPSA) is 84.0 Å². The number of halogens is 1. The van der Waals surface area contributed by atoms with Gasteiger partial charge in [0.1, 0.15) is 0 Å². The molecule has 1 aliphatic heterocycles. The van der Waals surface area contributed by atoms with Crippen molar-refractivity contribution < 1.29 is 23.9 Å². The number of carbonyl (C=O) groups excluding carboxylic acids is 4. The molecule has 1 aliphatic carbocycles. The summed E-state index contributed by atoms with van der Waals surface area (Å²) in [6, 6.07) is 12.8. The van der Waals surface area contributed by atoms with Crippen molar-refractivity contribution in [3.63, 3.8) is 0 Å². The van der Waals surface area contributed by atoms with Crippen molar-refractivity contribution >= 4 is 45.2 Å². The van der Waals surface area contributed by atoms with E-state index < -0.39 is 12.0 Å². The molecule has 2 fully saturated rings. The van der Waals surface area contributed by atoms with Crippen LogP contribution >= 0.6 is 15.9 Å². The maximum absolute atomic E-state index is 13.1. The van der Waals surface area contributed by atoms with Crippen molar-refractivity contribution in [1.29, 1.82) is 0 Å². The molecule has 0 bridgehead atoms. The quantitative estimate of drug-likeness (QED) is 0.302. The van der Waals surface area contributed by atoms with Gasteiger partial charge in [0, 0.05) is 16.1 Å². The minimum absolute atomic E-state index is 0.161. The van der Waals surface area contributed by atoms with Crippen LogP contribution in [0.15, 0.2) is 53.0 Å². The molecule has 178 valence electrons. The fourth-order valence-electron chi connectivity index (χ4n) is 4.63. The zero-order valence-corrected chi connectivity index (χ0v) is 20.6. The van der Waals surface area contributed by atoms with Crippen LogP contribution in [0.2, 0.25) is 0 Å². The van der Waals surface area contributed by atoms with E-state index in [1.54, 1.807) is 36.4 Å². The molecule has 0 N–H and O–H groups in total. The third kappa shape index (κ3) is 5.28. The highest BCUT2D eigenvalue weighted by Gasteiger charge is 2.43. The number of anilines is 1. The normalized spacial score (nSPS) is 19.0. The minimum Gasteiger partial charge on any atom is -0.454 e. The Morgan fingerprint density at radius 1 is 0.971 bits per heavy atom. The molecule has 0 radical (unpaired) electrons. The van der Waals surface area contributed by atoms with Crippen LogP contribution in [0.5, 0.6) is 0 Å². The van der Waals surface area contributed by atoms with Gasteiger partial charge >= 0.3 is 5.97 Å². The number of hydrogen-bond donors (Lipinski definition) is 0. The Morgan fingerprint density at radius 2 is 1.59 bits per heavy atom. The van der Waals surface area contributed by atoms with E-state index in [0.29, 0.717) is 17.3 Å². The maximum atomic E-state index is 13.1. The number of carbonyl (C=O) groups is 4. The summed E-state index contributed by atoms with van der Waals surface area (Å²) in [5.74, 6) is -1.42. The van der Waals surface area contributed by atoms with E-state index in [0.717, 1.165) is 30.2 Å². The second kappa shape index (κ2) is 10.6. The van der Waals surface area contributed by atoms with Crippen LogP contribution in [0.25, 0.3) is 0 Å². The molecule has 1 heterocycles. The summed E-state index contributed by atoms with van der Waals surface area (Å²) >= 11 is 3.31. The van der Waals surface area contributed by atoms with E-state index in [1.807, 2.05) is 7.05 Å². The second-order valence-electron chi connectivity index (χ2n) is 8.80. The number of imide groups is 1. The van der Waals surface area contributed by atoms with Gasteiger partial charge in [-0.25, -0.2) is 9.69 Å². The smallest absolute Gasteiger partial charge is 0.338 e. The molecule has 1 atom stereocenters. The highest BCUT2D eigenvalue weighted by atomic mass is 79.9. The lowest BCUT2D eigenvalue weighted by Crippen LogP contribution is -2.45. The fraction of sp³-hybridized carbons (Fsp3) is 0.385. The van der Waals surface area contributed by atoms with E-state index in [9.17, 15) is 19.2 Å². The number of ether oxygens (including phenoxy) is 1. The Kier molecular flexibility index (Phi) is 7.58. The van der Waals surface area contributed by atoms with Crippen LogP contribution in [0.1, 0.15) is 59.2 Å². The van der Waals surface area contributed by atoms with Crippen LogP contribution in [0.3, 0.4) is 0 Å². The number of rotatable bonds is 7. The average molecular weight is 527 g/mol. The molecule has 8 heteroatoms. The number of nitrogens with zero attached hydrogens (tertiary/aromatic N) is 2. The lowest BCUT2D eigenvalue weighted by atomic mass is 9.93. The molecular formula is C26H27BrN2O5. The van der Waals surface area contributed by atoms with E-state index in [4.69, 9.17) is 4.74 Å². The summed E-state index contributed by atoms with van der Waals surface area (Å²) in [5.41, 5.74) is 1.12. The number of likely N-dealkylation sites (N-methyl/N-ethyl adjacent to an activating group) is 1. The predicted molar refractivity (Wildman–Crippen MR) is 131 cm³/mol. The standard InChI is InChI=1S/C26H27BrN2O5/c1-28(20-5-3-2-4-6-20)22-15-24(31)29(25(22)32)21-13-9-18(10-14-21)26(33)34-16-23(30)17-7-11-19(27)12-8-17/h7-14,20,22H,2-6,15-16H2,1H3. The Balaban J connectivity index is 1.37. The van der Waals surface area contributed by atoms with Crippen LogP contribution in [0.4, 0.5) is 5.69 Å². The predicted octanol–water partition coefficient (Wildman–Crippen LogP) is 4.39. The SMILES string of the molecule is CN(C1CCCCC1)C1CC(=O)N(c2ccc(C(=O)OCC(=O)c3ccc(Br)cc3)cc2)C1=O. The van der Waals surface area contributed by atoms with Gasteiger partial charge in [-0.3, -0.25) is 19.3 Å². The molecule has 4 rings (SSSR count). The van der Waals surface area contributed by atoms with E-state index >= 15 is 0 Å². The molecule has 0 spiro atoms. The first-order chi connectivity index (χ1) is 16.3. The Bertz CT molecular complexity index is 1080. The molecular weight excluding hydrogens is 500 g/mol. The fourth-order valence-corrected chi connectivity index (χ4v) is 4.89. The molecule has 34 heavy (non-hydrogen) atoms. The first kappa shape index (κ1) is 24.3. The van der Waals surface area contributed by atoms with Crippen LogP contribution in [-0.2, 0) is 14.3 Å². The maximum Gasteiger partial charge on any atom is 0.338 e. The number of esters is 1. The molecule has 1 unspecified atom stereocenters. The Hall–Kier alpha value is -2.84. The first-order valence-corrected chi connectivity index (χ1v) is 12.3. The highest BCUT2D eigenvalue weighted by molar-refractivity contribution is 9.10. The van der Waals surface area contributed by atoms with E-state index in [2.05, 4.69) is 20.8 Å². The van der Waals surface area contributed by atoms with Gasteiger partial charge in [0.15, 0.2) is 12.4 Å². The molecule has 1 saturated carbocycles. The van der Waals surface area contributed by atoms with Gasteiger partial charge in [0.2, 0.25) is 5.91 Å². The van der Waals surface area contributed by atoms with Crippen LogP contribution in [0, 0.1) is 0 Å². The number of Topliss-reactive ketones (excluding diaryl/α,β-unsaturated/α-hetero) is 1. The molecule has 1 saturated heterocycles. The van der Waals surface area contributed by atoms with Crippen molar-refractivity contribution in [2.75, 3.05) is 18.6 Å². The number of benzene rings is 2. The summed E-state index contributed by atoms with van der Waals surface area (Å²) in [6.45, 7) is -0.375. The van der Waals surface area contributed by atoms with Gasteiger partial charge in [-0.05, 0) is 56.3 Å². The van der Waals surface area contributed by atoms with Crippen LogP contribution in [-0.4, -0.2) is 54.2 Å². The summed E-state index contributed by atoms with van der Waals surface area (Å²) in [5, 5.41) is 0. The van der Waals surface area contributed by atoms with Gasteiger partial charge in [0.05, 0.1) is 23.7 Å². The van der Waals surface area contributed by atoms with Gasteiger partial charge in [0.25, 0.3) is 5.91 Å². The second-order valence-corrected chi connectivity index (χ2v) is 9.71. The monoisotopic (exact) mass is 526 g/mol. The van der Waals surface area contributed by atoms with Crippen molar-refractivity contribution in [3.05, 3.63) is 64.1 Å².